The fourth-order valence-electron chi connectivity index (χ4n) is 10.2. The highest BCUT2D eigenvalue weighted by molar-refractivity contribution is 5.91. The molecule has 3 aromatic carbocycles. The Kier molecular flexibility index (Phi) is 18.9. The van der Waals surface area contributed by atoms with Gasteiger partial charge >= 0.3 is 12.1 Å². The highest BCUT2D eigenvalue weighted by Crippen LogP contribution is 2.29. The summed E-state index contributed by atoms with van der Waals surface area (Å²) >= 11 is 0. The number of anilines is 4. The van der Waals surface area contributed by atoms with Crippen LogP contribution >= 0.6 is 0 Å². The minimum atomic E-state index is -0.0796. The summed E-state index contributed by atoms with van der Waals surface area (Å²) in [6.07, 6.45) is 6.15. The van der Waals surface area contributed by atoms with Crippen molar-refractivity contribution >= 4 is 45.8 Å². The van der Waals surface area contributed by atoms with E-state index in [1.54, 1.807) is 0 Å². The average Bonchev–Trinajstić information content (AvgIpc) is 3.43. The molecule has 2 aromatic heterocycles. The van der Waals surface area contributed by atoms with Crippen LogP contribution in [0.25, 0.3) is 10.9 Å². The minimum absolute atomic E-state index is 0.00849. The van der Waals surface area contributed by atoms with Crippen LogP contribution in [-0.2, 0) is 10.8 Å². The normalized spacial score (nSPS) is 17.3. The van der Waals surface area contributed by atoms with E-state index in [0.29, 0.717) is 0 Å². The third-order valence-electron chi connectivity index (χ3n) is 14.9. The van der Waals surface area contributed by atoms with Gasteiger partial charge in [0.05, 0.1) is 11.2 Å². The number of para-hydroxylation sites is 3. The molecule has 4 saturated heterocycles. The molecule has 74 heavy (non-hydrogen) atoms. The highest BCUT2D eigenvalue weighted by Gasteiger charge is 2.28. The lowest BCUT2D eigenvalue weighted by molar-refractivity contribution is 0.193. The second-order valence-corrected chi connectivity index (χ2v) is 22.4. The molecular weight excluding hydrogens is 923 g/mol. The van der Waals surface area contributed by atoms with Gasteiger partial charge in [-0.15, -0.1) is 0 Å². The number of pyridine rings is 1. The van der Waals surface area contributed by atoms with Crippen molar-refractivity contribution in [2.24, 2.45) is 0 Å². The molecule has 0 atom stereocenters. The summed E-state index contributed by atoms with van der Waals surface area (Å²) < 4.78 is 0. The maximum Gasteiger partial charge on any atom is 0.317 e. The van der Waals surface area contributed by atoms with E-state index >= 15 is 0 Å². The fraction of sp³-hybridized carbons (Fsp3) is 0.542. The zero-order chi connectivity index (χ0) is 51.9. The van der Waals surface area contributed by atoms with Gasteiger partial charge in [0.25, 0.3) is 0 Å². The molecule has 5 aromatic rings. The Bertz CT molecular complexity index is 2460. The van der Waals surface area contributed by atoms with Gasteiger partial charge in [0.2, 0.25) is 0 Å². The van der Waals surface area contributed by atoms with E-state index in [2.05, 4.69) is 165 Å². The Morgan fingerprint density at radius 3 is 1.43 bits per heavy atom. The topological polar surface area (TPSA) is 123 Å². The number of nitrogens with zero attached hydrogens (tertiary/aromatic N) is 11. The molecule has 9 rings (SSSR count). The fourth-order valence-corrected chi connectivity index (χ4v) is 10.2. The molecule has 0 saturated carbocycles. The van der Waals surface area contributed by atoms with Crippen LogP contribution in [0.5, 0.6) is 0 Å². The molecule has 15 heteroatoms. The van der Waals surface area contributed by atoms with Crippen molar-refractivity contribution in [3.63, 3.8) is 0 Å². The number of carbonyl (C=O) groups is 2. The number of aromatic nitrogens is 3. The van der Waals surface area contributed by atoms with Crippen molar-refractivity contribution in [3.8, 4) is 0 Å². The predicted molar refractivity (Wildman–Crippen MR) is 304 cm³/mol. The molecular formula is C59H85N13O2. The van der Waals surface area contributed by atoms with Crippen LogP contribution in [0.2, 0.25) is 0 Å². The molecule has 0 radical (unpaired) electrons. The second kappa shape index (κ2) is 25.8. The van der Waals surface area contributed by atoms with Crippen LogP contribution in [0.4, 0.5) is 32.5 Å². The van der Waals surface area contributed by atoms with Crippen LogP contribution in [-0.4, -0.2) is 178 Å². The number of piperazine rings is 4. The first kappa shape index (κ1) is 54.1. The number of hydrogen-bond donors (Lipinski definition) is 2. The number of benzene rings is 3. The number of nitrogens with one attached hydrogen (secondary N) is 2. The van der Waals surface area contributed by atoms with Gasteiger partial charge in [-0.2, -0.15) is 0 Å². The molecule has 0 aliphatic carbocycles. The number of carbonyl (C=O) groups excluding carboxylic acids is 2. The largest absolute Gasteiger partial charge is 0.368 e. The summed E-state index contributed by atoms with van der Waals surface area (Å²) in [6, 6.07) is 33.8. The van der Waals surface area contributed by atoms with Crippen molar-refractivity contribution in [1.82, 2.24) is 45.2 Å². The van der Waals surface area contributed by atoms with Gasteiger partial charge in [-0.3, -0.25) is 14.8 Å². The first-order chi connectivity index (χ1) is 35.8. The van der Waals surface area contributed by atoms with E-state index in [0.717, 1.165) is 179 Å². The number of urea groups is 2. The van der Waals surface area contributed by atoms with Crippen LogP contribution in [0, 0.1) is 0 Å². The van der Waals surface area contributed by atoms with E-state index in [1.165, 1.54) is 22.4 Å². The van der Waals surface area contributed by atoms with Crippen LogP contribution in [0.3, 0.4) is 0 Å². The number of fused-ring (bicyclic) bond motifs is 1. The summed E-state index contributed by atoms with van der Waals surface area (Å²) in [4.78, 5) is 58.1. The molecule has 0 unspecified atom stereocenters. The van der Waals surface area contributed by atoms with E-state index in [-0.39, 0.29) is 22.9 Å². The first-order valence-corrected chi connectivity index (χ1v) is 27.6. The lowest BCUT2D eigenvalue weighted by Crippen LogP contribution is -2.52. The first-order valence-electron chi connectivity index (χ1n) is 27.6. The van der Waals surface area contributed by atoms with Crippen LogP contribution in [0.15, 0.2) is 103 Å². The standard InChI is InChI=1S/C31H49N7O.C28H36N6O/c1-30(2,3)26-24-27(34-28(33-26)31(4,5)6)37-18-16-35(17-19-37)15-11-10-14-32-29(39)38-22-20-36(21-23-38)25-12-8-7-9-13-25;35-28(34-22-20-32(21-23-34)24-8-2-1-3-9-24)30-13-6-7-15-31-16-18-33(19-17-31)27-12-14-29-26-11-5-4-10-25(26)27/h7-9,12-13,24H,10-11,14-23H2,1-6H3,(H,32,39);1-5,8-12,14H,6-7,13,15-23H2,(H,30,35). The summed E-state index contributed by atoms with van der Waals surface area (Å²) in [7, 11) is 0. The molecule has 4 aliphatic heterocycles. The summed E-state index contributed by atoms with van der Waals surface area (Å²) in [5.41, 5.74) is 5.85. The number of amides is 4. The molecule has 4 amide bonds. The monoisotopic (exact) mass is 1010 g/mol. The van der Waals surface area contributed by atoms with Gasteiger partial charge in [0.15, 0.2) is 0 Å². The van der Waals surface area contributed by atoms with E-state index in [1.807, 2.05) is 34.2 Å². The zero-order valence-corrected chi connectivity index (χ0v) is 45.5. The van der Waals surface area contributed by atoms with E-state index < -0.39 is 0 Å². The summed E-state index contributed by atoms with van der Waals surface area (Å²) in [5.74, 6) is 1.99. The second-order valence-electron chi connectivity index (χ2n) is 22.4. The maximum atomic E-state index is 12.6. The van der Waals surface area contributed by atoms with Crippen molar-refractivity contribution in [3.05, 3.63) is 115 Å². The van der Waals surface area contributed by atoms with Gasteiger partial charge in [-0.05, 0) is 75.2 Å². The van der Waals surface area contributed by atoms with Gasteiger partial charge in [0.1, 0.15) is 11.6 Å². The predicted octanol–water partition coefficient (Wildman–Crippen LogP) is 8.17. The minimum Gasteiger partial charge on any atom is -0.368 e. The van der Waals surface area contributed by atoms with Crippen LogP contribution in [0.1, 0.15) is 78.7 Å². The maximum absolute atomic E-state index is 12.6. The van der Waals surface area contributed by atoms with Gasteiger partial charge in [-0.25, -0.2) is 19.6 Å². The molecule has 398 valence electrons. The Hall–Kier alpha value is -6.19. The third-order valence-corrected chi connectivity index (χ3v) is 14.9. The van der Waals surface area contributed by atoms with Gasteiger partial charge < -0.3 is 40.0 Å². The molecule has 4 fully saturated rings. The lowest BCUT2D eigenvalue weighted by atomic mass is 9.90. The molecule has 4 aliphatic rings. The Morgan fingerprint density at radius 2 is 0.946 bits per heavy atom. The smallest absolute Gasteiger partial charge is 0.317 e. The quantitative estimate of drug-likeness (QED) is 0.105. The molecule has 0 bridgehead atoms. The number of rotatable bonds is 14. The molecule has 0 spiro atoms. The molecule has 15 nitrogen and oxygen atoms in total. The van der Waals surface area contributed by atoms with Crippen molar-refractivity contribution in [2.45, 2.75) is 78.1 Å². The van der Waals surface area contributed by atoms with Crippen LogP contribution < -0.4 is 30.2 Å². The van der Waals surface area contributed by atoms with E-state index in [4.69, 9.17) is 9.97 Å². The van der Waals surface area contributed by atoms with E-state index in [9.17, 15) is 9.59 Å². The summed E-state index contributed by atoms with van der Waals surface area (Å²) in [5, 5.41) is 7.50. The Balaban J connectivity index is 0.000000198. The number of unbranched alkanes of at least 4 members (excludes halogenated alkanes) is 2. The summed E-state index contributed by atoms with van der Waals surface area (Å²) in [6.45, 7) is 31.8. The van der Waals surface area contributed by atoms with Crippen molar-refractivity contribution in [1.29, 1.82) is 0 Å². The average molecular weight is 1010 g/mol. The van der Waals surface area contributed by atoms with Crippen molar-refractivity contribution in [2.75, 3.05) is 150 Å². The zero-order valence-electron chi connectivity index (χ0n) is 45.5. The Morgan fingerprint density at radius 1 is 0.486 bits per heavy atom. The molecule has 2 N–H and O–H groups in total. The number of hydrogen-bond acceptors (Lipinski definition) is 11. The SMILES string of the molecule is CC(C)(C)c1cc(N2CCN(CCCCNC(=O)N3CCN(c4ccccc4)CC3)CC2)nc(C(C)(C)C)n1.O=C(NCCCCN1CCN(c2ccnc3ccccc23)CC1)N1CCN(c2ccccc2)CC1. The van der Waals surface area contributed by atoms with Gasteiger partial charge in [-0.1, -0.05) is 96.1 Å². The third kappa shape index (κ3) is 15.2. The molecule has 6 heterocycles. The van der Waals surface area contributed by atoms with Crippen molar-refractivity contribution < 1.29 is 9.59 Å². The van der Waals surface area contributed by atoms with Gasteiger partial charge in [0, 0.05) is 163 Å². The highest BCUT2D eigenvalue weighted by atomic mass is 16.2. The lowest BCUT2D eigenvalue weighted by Gasteiger charge is -2.36. The Labute approximate surface area is 442 Å².